The first-order chi connectivity index (χ1) is 13.6. The van der Waals surface area contributed by atoms with Crippen molar-refractivity contribution in [3.8, 4) is 10.6 Å². The fourth-order valence-corrected chi connectivity index (χ4v) is 5.05. The molecule has 1 saturated heterocycles. The zero-order valence-corrected chi connectivity index (χ0v) is 16.2. The SMILES string of the molecule is Cn1ccc(C(=O)N2CCC3(CC2)NC(=O)c2sc(-c4ccccc4)nc23)n1. The molecule has 1 fully saturated rings. The molecule has 142 valence electrons. The normalized spacial score (nSPS) is 17.6. The summed E-state index contributed by atoms with van der Waals surface area (Å²) >= 11 is 1.44. The molecule has 1 spiro atoms. The van der Waals surface area contributed by atoms with Crippen LogP contribution in [-0.4, -0.2) is 44.6 Å². The van der Waals surface area contributed by atoms with Crippen molar-refractivity contribution >= 4 is 23.2 Å². The van der Waals surface area contributed by atoms with Gasteiger partial charge in [-0.1, -0.05) is 30.3 Å². The number of fused-ring (bicyclic) bond motifs is 2. The molecule has 2 aromatic heterocycles. The van der Waals surface area contributed by atoms with E-state index < -0.39 is 5.54 Å². The molecule has 0 saturated carbocycles. The summed E-state index contributed by atoms with van der Waals surface area (Å²) in [5.74, 6) is -0.123. The molecule has 0 atom stereocenters. The van der Waals surface area contributed by atoms with E-state index in [1.54, 1.807) is 24.0 Å². The Kier molecular flexibility index (Phi) is 3.83. The number of hydrogen-bond acceptors (Lipinski definition) is 5. The highest BCUT2D eigenvalue weighted by Gasteiger charge is 2.48. The Morgan fingerprint density at radius 3 is 2.61 bits per heavy atom. The molecule has 0 bridgehead atoms. The second-order valence-electron chi connectivity index (χ2n) is 7.27. The fourth-order valence-electron chi connectivity index (χ4n) is 3.98. The number of nitrogens with one attached hydrogen (secondary N) is 1. The maximum absolute atomic E-state index is 12.7. The van der Waals surface area contributed by atoms with Crippen LogP contribution in [0, 0.1) is 0 Å². The number of rotatable bonds is 2. The van der Waals surface area contributed by atoms with Gasteiger partial charge < -0.3 is 10.2 Å². The van der Waals surface area contributed by atoms with Gasteiger partial charge in [-0.05, 0) is 18.9 Å². The lowest BCUT2D eigenvalue weighted by Gasteiger charge is -2.38. The maximum Gasteiger partial charge on any atom is 0.274 e. The van der Waals surface area contributed by atoms with Crippen LogP contribution in [0.15, 0.2) is 42.6 Å². The second-order valence-corrected chi connectivity index (χ2v) is 8.26. The van der Waals surface area contributed by atoms with Crippen molar-refractivity contribution in [3.05, 3.63) is 58.9 Å². The Bertz CT molecular complexity index is 1060. The molecular formula is C20H19N5O2S. The monoisotopic (exact) mass is 393 g/mol. The van der Waals surface area contributed by atoms with E-state index in [0.29, 0.717) is 36.5 Å². The van der Waals surface area contributed by atoms with E-state index in [9.17, 15) is 9.59 Å². The van der Waals surface area contributed by atoms with Gasteiger partial charge in [-0.25, -0.2) is 4.98 Å². The Hall–Kier alpha value is -3.00. The third kappa shape index (κ3) is 2.63. The highest BCUT2D eigenvalue weighted by Crippen LogP contribution is 2.43. The Morgan fingerprint density at radius 1 is 1.18 bits per heavy atom. The molecule has 5 rings (SSSR count). The molecular weight excluding hydrogens is 374 g/mol. The minimum atomic E-state index is -0.475. The summed E-state index contributed by atoms with van der Waals surface area (Å²) < 4.78 is 1.63. The van der Waals surface area contributed by atoms with Crippen LogP contribution in [0.5, 0.6) is 0 Å². The number of piperidine rings is 1. The van der Waals surface area contributed by atoms with Crippen LogP contribution in [0.3, 0.4) is 0 Å². The Balaban J connectivity index is 1.39. The van der Waals surface area contributed by atoms with Gasteiger partial charge in [-0.3, -0.25) is 14.3 Å². The van der Waals surface area contributed by atoms with Crippen molar-refractivity contribution in [3.63, 3.8) is 0 Å². The highest BCUT2D eigenvalue weighted by molar-refractivity contribution is 7.17. The van der Waals surface area contributed by atoms with Crippen LogP contribution < -0.4 is 5.32 Å². The molecule has 2 aliphatic heterocycles. The minimum absolute atomic E-state index is 0.0563. The Morgan fingerprint density at radius 2 is 1.93 bits per heavy atom. The second kappa shape index (κ2) is 6.27. The first kappa shape index (κ1) is 17.1. The van der Waals surface area contributed by atoms with Crippen LogP contribution in [0.4, 0.5) is 0 Å². The molecule has 7 nitrogen and oxygen atoms in total. The number of carbonyl (C=O) groups is 2. The third-order valence-electron chi connectivity index (χ3n) is 5.50. The van der Waals surface area contributed by atoms with E-state index in [1.165, 1.54) is 11.3 Å². The molecule has 2 amide bonds. The first-order valence-corrected chi connectivity index (χ1v) is 10.1. The summed E-state index contributed by atoms with van der Waals surface area (Å²) in [6.07, 6.45) is 3.08. The van der Waals surface area contributed by atoms with Gasteiger partial charge in [0.2, 0.25) is 0 Å². The number of aryl methyl sites for hydroxylation is 1. The van der Waals surface area contributed by atoms with Gasteiger partial charge in [0.25, 0.3) is 11.8 Å². The predicted octanol–water partition coefficient (Wildman–Crippen LogP) is 2.42. The van der Waals surface area contributed by atoms with Gasteiger partial charge in [0, 0.05) is 31.9 Å². The zero-order valence-electron chi connectivity index (χ0n) is 15.4. The third-order valence-corrected chi connectivity index (χ3v) is 6.60. The van der Waals surface area contributed by atoms with Crippen LogP contribution in [0.2, 0.25) is 0 Å². The standard InChI is InChI=1S/C20H19N5O2S/c1-24-10-7-14(23-24)19(27)25-11-8-20(9-12-25)16-15(17(26)22-20)28-18(21-16)13-5-3-2-4-6-13/h2-7,10H,8-9,11-12H2,1H3,(H,22,26). The van der Waals surface area contributed by atoms with E-state index in [-0.39, 0.29) is 11.8 Å². The lowest BCUT2D eigenvalue weighted by atomic mass is 9.86. The number of benzene rings is 1. The van der Waals surface area contributed by atoms with E-state index in [4.69, 9.17) is 4.98 Å². The number of aromatic nitrogens is 3. The number of hydrogen-bond donors (Lipinski definition) is 1. The average Bonchev–Trinajstić information content (AvgIpc) is 3.40. The average molecular weight is 393 g/mol. The van der Waals surface area contributed by atoms with Crippen molar-refractivity contribution < 1.29 is 9.59 Å². The van der Waals surface area contributed by atoms with Crippen molar-refractivity contribution in [2.75, 3.05) is 13.1 Å². The molecule has 0 unspecified atom stereocenters. The zero-order chi connectivity index (χ0) is 19.3. The molecule has 2 aliphatic rings. The summed E-state index contributed by atoms with van der Waals surface area (Å²) in [6.45, 7) is 1.13. The lowest BCUT2D eigenvalue weighted by Crippen LogP contribution is -2.51. The largest absolute Gasteiger partial charge is 0.340 e. The van der Waals surface area contributed by atoms with Crippen molar-refractivity contribution in [1.82, 2.24) is 25.0 Å². The molecule has 1 aromatic carbocycles. The number of nitrogens with zero attached hydrogens (tertiary/aromatic N) is 4. The number of likely N-dealkylation sites (tertiary alicyclic amines) is 1. The number of thiazole rings is 1. The summed E-state index contributed by atoms with van der Waals surface area (Å²) in [6, 6.07) is 11.7. The highest BCUT2D eigenvalue weighted by atomic mass is 32.1. The van der Waals surface area contributed by atoms with Gasteiger partial charge >= 0.3 is 0 Å². The van der Waals surface area contributed by atoms with Crippen LogP contribution in [-0.2, 0) is 12.6 Å². The molecule has 0 radical (unpaired) electrons. The molecule has 1 N–H and O–H groups in total. The molecule has 4 heterocycles. The van der Waals surface area contributed by atoms with Gasteiger partial charge in [-0.2, -0.15) is 5.10 Å². The topological polar surface area (TPSA) is 80.1 Å². The van der Waals surface area contributed by atoms with Crippen molar-refractivity contribution in [2.24, 2.45) is 7.05 Å². The Labute approximate surface area is 166 Å². The summed E-state index contributed by atoms with van der Waals surface area (Å²) in [5.41, 5.74) is 1.84. The number of amides is 2. The van der Waals surface area contributed by atoms with E-state index in [0.717, 1.165) is 16.3 Å². The molecule has 3 aromatic rings. The van der Waals surface area contributed by atoms with Crippen LogP contribution in [0.25, 0.3) is 10.6 Å². The molecule has 8 heteroatoms. The fraction of sp³-hybridized carbons (Fsp3) is 0.300. The number of carbonyl (C=O) groups excluding carboxylic acids is 2. The van der Waals surface area contributed by atoms with Gasteiger partial charge in [0.15, 0.2) is 0 Å². The molecule has 0 aliphatic carbocycles. The lowest BCUT2D eigenvalue weighted by molar-refractivity contribution is 0.0626. The summed E-state index contributed by atoms with van der Waals surface area (Å²) in [5, 5.41) is 8.22. The first-order valence-electron chi connectivity index (χ1n) is 9.24. The van der Waals surface area contributed by atoms with Gasteiger partial charge in [0.05, 0.1) is 11.2 Å². The summed E-state index contributed by atoms with van der Waals surface area (Å²) in [4.78, 5) is 32.6. The van der Waals surface area contributed by atoms with E-state index in [2.05, 4.69) is 10.4 Å². The van der Waals surface area contributed by atoms with E-state index >= 15 is 0 Å². The minimum Gasteiger partial charge on any atom is -0.340 e. The predicted molar refractivity (Wildman–Crippen MR) is 105 cm³/mol. The van der Waals surface area contributed by atoms with Crippen molar-refractivity contribution in [1.29, 1.82) is 0 Å². The van der Waals surface area contributed by atoms with Crippen LogP contribution in [0.1, 0.15) is 38.7 Å². The van der Waals surface area contributed by atoms with E-state index in [1.807, 2.05) is 35.2 Å². The molecule has 28 heavy (non-hydrogen) atoms. The maximum atomic E-state index is 12.7. The van der Waals surface area contributed by atoms with Gasteiger partial charge in [-0.15, -0.1) is 11.3 Å². The van der Waals surface area contributed by atoms with Crippen molar-refractivity contribution in [2.45, 2.75) is 18.4 Å². The summed E-state index contributed by atoms with van der Waals surface area (Å²) in [7, 11) is 1.80. The van der Waals surface area contributed by atoms with Crippen LogP contribution >= 0.6 is 11.3 Å². The quantitative estimate of drug-likeness (QED) is 0.725. The smallest absolute Gasteiger partial charge is 0.274 e. The van der Waals surface area contributed by atoms with Gasteiger partial charge in [0.1, 0.15) is 15.6 Å².